The van der Waals surface area contributed by atoms with E-state index >= 15 is 0 Å². The van der Waals surface area contributed by atoms with Crippen molar-refractivity contribution in [3.63, 3.8) is 0 Å². The monoisotopic (exact) mass is 299 g/mol. The summed E-state index contributed by atoms with van der Waals surface area (Å²) in [6.45, 7) is 4.91. The van der Waals surface area contributed by atoms with Crippen molar-refractivity contribution in [2.24, 2.45) is 0 Å². The summed E-state index contributed by atoms with van der Waals surface area (Å²) >= 11 is 0. The van der Waals surface area contributed by atoms with E-state index in [1.165, 1.54) is 0 Å². The Kier molecular flexibility index (Phi) is 5.42. The van der Waals surface area contributed by atoms with E-state index < -0.39 is 0 Å². The van der Waals surface area contributed by atoms with Gasteiger partial charge >= 0.3 is 0 Å². The second-order valence-corrected chi connectivity index (χ2v) is 5.11. The van der Waals surface area contributed by atoms with E-state index in [1.807, 2.05) is 32.0 Å². The van der Waals surface area contributed by atoms with Gasteiger partial charge in [-0.1, -0.05) is 18.2 Å². The van der Waals surface area contributed by atoms with Crippen molar-refractivity contribution in [1.82, 2.24) is 5.32 Å². The lowest BCUT2D eigenvalue weighted by Gasteiger charge is -2.11. The number of hydrogen-bond donors (Lipinski definition) is 1. The highest BCUT2D eigenvalue weighted by molar-refractivity contribution is 5.94. The summed E-state index contributed by atoms with van der Waals surface area (Å²) in [5.74, 6) is 1.39. The summed E-state index contributed by atoms with van der Waals surface area (Å²) in [7, 11) is 1.58. The molecule has 2 aromatic carbocycles. The Balaban J connectivity index is 1.83. The molecule has 0 bridgehead atoms. The van der Waals surface area contributed by atoms with E-state index in [4.69, 9.17) is 9.47 Å². The molecule has 0 atom stereocenters. The molecule has 2 rings (SSSR count). The normalized spacial score (nSPS) is 10.1. The molecule has 0 unspecified atom stereocenters. The van der Waals surface area contributed by atoms with Gasteiger partial charge in [0.25, 0.3) is 5.91 Å². The van der Waals surface area contributed by atoms with Gasteiger partial charge in [0.1, 0.15) is 18.1 Å². The maximum absolute atomic E-state index is 12.0. The van der Waals surface area contributed by atoms with Gasteiger partial charge in [0, 0.05) is 5.56 Å². The number of rotatable bonds is 6. The fourth-order valence-corrected chi connectivity index (χ4v) is 2.05. The number of carbonyl (C=O) groups excluding carboxylic acids is 1. The van der Waals surface area contributed by atoms with E-state index in [2.05, 4.69) is 5.32 Å². The van der Waals surface area contributed by atoms with Crippen LogP contribution >= 0.6 is 0 Å². The van der Waals surface area contributed by atoms with Gasteiger partial charge in [-0.3, -0.25) is 4.79 Å². The second kappa shape index (κ2) is 7.50. The zero-order valence-electron chi connectivity index (χ0n) is 13.2. The Morgan fingerprint density at radius 2 is 1.95 bits per heavy atom. The molecule has 0 aliphatic heterocycles. The van der Waals surface area contributed by atoms with Crippen LogP contribution in [-0.2, 0) is 0 Å². The first-order chi connectivity index (χ1) is 10.6. The molecule has 1 N–H and O–H groups in total. The summed E-state index contributed by atoms with van der Waals surface area (Å²) in [4.78, 5) is 12.0. The first-order valence-corrected chi connectivity index (χ1v) is 7.22. The quantitative estimate of drug-likeness (QED) is 0.834. The highest BCUT2D eigenvalue weighted by atomic mass is 16.5. The molecule has 0 aliphatic rings. The zero-order valence-corrected chi connectivity index (χ0v) is 13.2. The first-order valence-electron chi connectivity index (χ1n) is 7.22. The van der Waals surface area contributed by atoms with E-state index in [0.717, 1.165) is 16.9 Å². The predicted molar refractivity (Wildman–Crippen MR) is 86.7 cm³/mol. The molecule has 22 heavy (non-hydrogen) atoms. The predicted octanol–water partition coefficient (Wildman–Crippen LogP) is 3.12. The summed E-state index contributed by atoms with van der Waals surface area (Å²) in [5.41, 5.74) is 2.82. The van der Waals surface area contributed by atoms with E-state index in [9.17, 15) is 4.79 Å². The van der Waals surface area contributed by atoms with Crippen LogP contribution in [0, 0.1) is 13.8 Å². The topological polar surface area (TPSA) is 47.6 Å². The maximum Gasteiger partial charge on any atom is 0.251 e. The van der Waals surface area contributed by atoms with Crippen LogP contribution in [-0.4, -0.2) is 26.2 Å². The maximum atomic E-state index is 12.0. The van der Waals surface area contributed by atoms with Crippen LogP contribution < -0.4 is 14.8 Å². The van der Waals surface area contributed by atoms with Crippen molar-refractivity contribution >= 4 is 5.91 Å². The molecule has 0 spiro atoms. The van der Waals surface area contributed by atoms with Gasteiger partial charge in [-0.05, 0) is 49.2 Å². The Hall–Kier alpha value is -2.49. The standard InChI is InChI=1S/C18H21NO3/c1-13-7-8-14(2)17(11-13)22-10-9-19-18(20)15-5-4-6-16(12-15)21-3/h4-8,11-12H,9-10H2,1-3H3,(H,19,20). The summed E-state index contributed by atoms with van der Waals surface area (Å²) in [5, 5.41) is 2.84. The highest BCUT2D eigenvalue weighted by Crippen LogP contribution is 2.18. The SMILES string of the molecule is COc1cccc(C(=O)NCCOc2cc(C)ccc2C)c1. The summed E-state index contributed by atoms with van der Waals surface area (Å²) in [6, 6.07) is 13.1. The molecule has 2 aromatic rings. The minimum atomic E-state index is -0.136. The lowest BCUT2D eigenvalue weighted by Crippen LogP contribution is -2.28. The number of amides is 1. The number of aryl methyl sites for hydroxylation is 2. The Bertz CT molecular complexity index is 653. The average Bonchev–Trinajstić information content (AvgIpc) is 2.54. The molecule has 116 valence electrons. The van der Waals surface area contributed by atoms with Crippen molar-refractivity contribution in [1.29, 1.82) is 0 Å². The summed E-state index contributed by atoms with van der Waals surface area (Å²) < 4.78 is 10.8. The lowest BCUT2D eigenvalue weighted by atomic mass is 10.1. The minimum Gasteiger partial charge on any atom is -0.497 e. The van der Waals surface area contributed by atoms with Crippen molar-refractivity contribution in [3.05, 3.63) is 59.2 Å². The molecule has 0 saturated heterocycles. The van der Waals surface area contributed by atoms with Gasteiger partial charge in [0.15, 0.2) is 0 Å². The van der Waals surface area contributed by atoms with E-state index in [-0.39, 0.29) is 5.91 Å². The molecule has 0 saturated carbocycles. The molecule has 0 radical (unpaired) electrons. The zero-order chi connectivity index (χ0) is 15.9. The third-order valence-corrected chi connectivity index (χ3v) is 3.32. The van der Waals surface area contributed by atoms with E-state index in [1.54, 1.807) is 31.4 Å². The van der Waals surface area contributed by atoms with Crippen LogP contribution in [0.2, 0.25) is 0 Å². The highest BCUT2D eigenvalue weighted by Gasteiger charge is 2.06. The Labute approximate surface area is 131 Å². The van der Waals surface area contributed by atoms with Crippen LogP contribution in [0.15, 0.2) is 42.5 Å². The number of benzene rings is 2. The second-order valence-electron chi connectivity index (χ2n) is 5.11. The molecule has 1 amide bonds. The van der Waals surface area contributed by atoms with Crippen molar-refractivity contribution in [2.45, 2.75) is 13.8 Å². The van der Waals surface area contributed by atoms with Gasteiger partial charge in [-0.15, -0.1) is 0 Å². The molecule has 0 heterocycles. The van der Waals surface area contributed by atoms with Crippen LogP contribution in [0.1, 0.15) is 21.5 Å². The minimum absolute atomic E-state index is 0.136. The van der Waals surface area contributed by atoms with E-state index in [0.29, 0.717) is 24.5 Å². The van der Waals surface area contributed by atoms with Gasteiger partial charge < -0.3 is 14.8 Å². The van der Waals surface area contributed by atoms with Gasteiger partial charge in [0.2, 0.25) is 0 Å². The molecular weight excluding hydrogens is 278 g/mol. The fourth-order valence-electron chi connectivity index (χ4n) is 2.05. The third-order valence-electron chi connectivity index (χ3n) is 3.32. The first kappa shape index (κ1) is 15.9. The Morgan fingerprint density at radius 3 is 2.73 bits per heavy atom. The van der Waals surface area contributed by atoms with Crippen LogP contribution in [0.5, 0.6) is 11.5 Å². The smallest absolute Gasteiger partial charge is 0.251 e. The molecular formula is C18H21NO3. The van der Waals surface area contributed by atoms with Gasteiger partial charge in [-0.2, -0.15) is 0 Å². The molecule has 0 aromatic heterocycles. The van der Waals surface area contributed by atoms with Crippen LogP contribution in [0.3, 0.4) is 0 Å². The van der Waals surface area contributed by atoms with Gasteiger partial charge in [0.05, 0.1) is 13.7 Å². The molecule has 0 aliphatic carbocycles. The summed E-state index contributed by atoms with van der Waals surface area (Å²) in [6.07, 6.45) is 0. The largest absolute Gasteiger partial charge is 0.497 e. The third kappa shape index (κ3) is 4.25. The Morgan fingerprint density at radius 1 is 1.14 bits per heavy atom. The molecule has 4 nitrogen and oxygen atoms in total. The number of carbonyl (C=O) groups is 1. The van der Waals surface area contributed by atoms with Crippen molar-refractivity contribution in [3.8, 4) is 11.5 Å². The van der Waals surface area contributed by atoms with Crippen molar-refractivity contribution < 1.29 is 14.3 Å². The fraction of sp³-hybridized carbons (Fsp3) is 0.278. The van der Waals surface area contributed by atoms with Crippen molar-refractivity contribution in [2.75, 3.05) is 20.3 Å². The van der Waals surface area contributed by atoms with Crippen LogP contribution in [0.25, 0.3) is 0 Å². The number of hydrogen-bond acceptors (Lipinski definition) is 3. The molecule has 0 fully saturated rings. The van der Waals surface area contributed by atoms with Crippen LogP contribution in [0.4, 0.5) is 0 Å². The average molecular weight is 299 g/mol. The van der Waals surface area contributed by atoms with Gasteiger partial charge in [-0.25, -0.2) is 0 Å². The number of ether oxygens (including phenoxy) is 2. The lowest BCUT2D eigenvalue weighted by molar-refractivity contribution is 0.0946. The number of methoxy groups -OCH3 is 1. The number of nitrogens with one attached hydrogen (secondary N) is 1. The molecule has 4 heteroatoms.